The van der Waals surface area contributed by atoms with E-state index in [9.17, 15) is 9.59 Å². The van der Waals surface area contributed by atoms with Gasteiger partial charge in [-0.3, -0.25) is 9.59 Å². The molecule has 0 aromatic rings. The Hall–Kier alpha value is -1.12. The molecule has 0 bridgehead atoms. The minimum atomic E-state index is -0.556. The molecule has 2 atom stereocenters. The van der Waals surface area contributed by atoms with Crippen LogP contribution in [-0.2, 0) is 14.3 Å². The molecule has 0 aliphatic heterocycles. The third kappa shape index (κ3) is 2.15. The van der Waals surface area contributed by atoms with E-state index in [1.54, 1.807) is 0 Å². The van der Waals surface area contributed by atoms with Crippen LogP contribution in [0.3, 0.4) is 0 Å². The zero-order chi connectivity index (χ0) is 12.6. The summed E-state index contributed by atoms with van der Waals surface area (Å²) in [6.45, 7) is 5.45. The summed E-state index contributed by atoms with van der Waals surface area (Å²) in [4.78, 5) is 23.2. The van der Waals surface area contributed by atoms with E-state index in [0.29, 0.717) is 6.42 Å². The van der Waals surface area contributed by atoms with Gasteiger partial charge in [0.25, 0.3) is 0 Å². The highest BCUT2D eigenvalue weighted by Gasteiger charge is 2.43. The summed E-state index contributed by atoms with van der Waals surface area (Å²) in [6, 6.07) is 0. The van der Waals surface area contributed by atoms with Gasteiger partial charge in [0, 0.05) is 13.3 Å². The minimum Gasteiger partial charge on any atom is -0.454 e. The Balaban J connectivity index is 2.32. The zero-order valence-corrected chi connectivity index (χ0v) is 10.8. The number of allylic oxidation sites excluding steroid dienone is 1. The highest BCUT2D eigenvalue weighted by molar-refractivity contribution is 6.01. The van der Waals surface area contributed by atoms with Crippen LogP contribution in [0.2, 0.25) is 0 Å². The second-order valence-electron chi connectivity index (χ2n) is 5.54. The van der Waals surface area contributed by atoms with Crippen LogP contribution in [-0.4, -0.2) is 17.9 Å². The average Bonchev–Trinajstić information content (AvgIpc) is 2.24. The number of hydrogen-bond acceptors (Lipinski definition) is 3. The molecule has 2 aliphatic carbocycles. The molecular weight excluding hydrogens is 216 g/mol. The number of ketones is 1. The van der Waals surface area contributed by atoms with Crippen molar-refractivity contribution >= 4 is 11.8 Å². The largest absolute Gasteiger partial charge is 0.454 e. The molecule has 1 fully saturated rings. The van der Waals surface area contributed by atoms with E-state index >= 15 is 0 Å². The van der Waals surface area contributed by atoms with Gasteiger partial charge in [-0.05, 0) is 37.2 Å². The Morgan fingerprint density at radius 1 is 1.41 bits per heavy atom. The molecule has 0 N–H and O–H groups in total. The van der Waals surface area contributed by atoms with Gasteiger partial charge in [-0.1, -0.05) is 18.9 Å². The molecule has 0 heterocycles. The molecule has 0 spiro atoms. The van der Waals surface area contributed by atoms with E-state index in [2.05, 4.69) is 6.92 Å². The average molecular weight is 236 g/mol. The number of rotatable bonds is 1. The van der Waals surface area contributed by atoms with Crippen LogP contribution in [0.1, 0.15) is 52.9 Å². The topological polar surface area (TPSA) is 43.4 Å². The number of fused-ring (bicyclic) bond motifs is 1. The first-order valence-corrected chi connectivity index (χ1v) is 6.36. The van der Waals surface area contributed by atoms with E-state index in [1.165, 1.54) is 25.3 Å². The van der Waals surface area contributed by atoms with Gasteiger partial charge in [-0.25, -0.2) is 0 Å². The molecule has 0 radical (unpaired) electrons. The highest BCUT2D eigenvalue weighted by atomic mass is 16.5. The maximum atomic E-state index is 12.1. The monoisotopic (exact) mass is 236 g/mol. The van der Waals surface area contributed by atoms with Gasteiger partial charge in [-0.2, -0.15) is 0 Å². The number of Topliss-reactive ketones (excluding diaryl/α,β-unsaturated/α-hetero) is 1. The van der Waals surface area contributed by atoms with Crippen molar-refractivity contribution < 1.29 is 14.3 Å². The Morgan fingerprint density at radius 2 is 2.12 bits per heavy atom. The number of ether oxygens (including phenoxy) is 1. The van der Waals surface area contributed by atoms with E-state index < -0.39 is 6.10 Å². The lowest BCUT2D eigenvalue weighted by molar-refractivity contribution is -0.154. The van der Waals surface area contributed by atoms with Gasteiger partial charge in [0.15, 0.2) is 11.9 Å². The Kier molecular flexibility index (Phi) is 3.11. The fourth-order valence-corrected chi connectivity index (χ4v) is 3.32. The Bertz CT molecular complexity index is 394. The van der Waals surface area contributed by atoms with Crippen molar-refractivity contribution in [1.82, 2.24) is 0 Å². The van der Waals surface area contributed by atoms with Gasteiger partial charge in [0.1, 0.15) is 0 Å². The summed E-state index contributed by atoms with van der Waals surface area (Å²) in [5.41, 5.74) is 2.21. The molecule has 0 saturated heterocycles. The number of esters is 1. The van der Waals surface area contributed by atoms with Crippen molar-refractivity contribution in [1.29, 1.82) is 0 Å². The van der Waals surface area contributed by atoms with Crippen LogP contribution in [0.25, 0.3) is 0 Å². The van der Waals surface area contributed by atoms with Gasteiger partial charge in [0.05, 0.1) is 0 Å². The molecule has 0 unspecified atom stereocenters. The molecule has 17 heavy (non-hydrogen) atoms. The van der Waals surface area contributed by atoms with Crippen LogP contribution >= 0.6 is 0 Å². The highest BCUT2D eigenvalue weighted by Crippen LogP contribution is 2.49. The van der Waals surface area contributed by atoms with Crippen LogP contribution in [0.15, 0.2) is 11.1 Å². The van der Waals surface area contributed by atoms with Crippen molar-refractivity contribution in [2.45, 2.75) is 59.0 Å². The van der Waals surface area contributed by atoms with Gasteiger partial charge in [-0.15, -0.1) is 0 Å². The number of carbonyl (C=O) groups excluding carboxylic acids is 2. The summed E-state index contributed by atoms with van der Waals surface area (Å²) < 4.78 is 5.17. The Morgan fingerprint density at radius 3 is 2.76 bits per heavy atom. The van der Waals surface area contributed by atoms with Crippen LogP contribution in [0, 0.1) is 5.41 Å². The first kappa shape index (κ1) is 12.3. The predicted octanol–water partition coefficient (Wildman–Crippen LogP) is 2.79. The molecule has 2 aliphatic rings. The summed E-state index contributed by atoms with van der Waals surface area (Å²) in [5, 5.41) is 0. The first-order chi connectivity index (χ1) is 7.94. The Labute approximate surface area is 102 Å². The lowest BCUT2D eigenvalue weighted by Crippen LogP contribution is -2.41. The van der Waals surface area contributed by atoms with E-state index in [1.807, 2.05) is 6.92 Å². The molecule has 0 aromatic heterocycles. The fourth-order valence-electron chi connectivity index (χ4n) is 3.32. The van der Waals surface area contributed by atoms with Crippen molar-refractivity contribution in [3.8, 4) is 0 Å². The summed E-state index contributed by atoms with van der Waals surface area (Å²) in [5.74, 6) is -0.353. The summed E-state index contributed by atoms with van der Waals surface area (Å²) >= 11 is 0. The van der Waals surface area contributed by atoms with Gasteiger partial charge in [0.2, 0.25) is 0 Å². The standard InChI is InChI=1S/C14H20O3/c1-9-11-6-4-5-7-14(11,3)8-12(13(9)16)17-10(2)15/h12H,4-8H2,1-3H3/t12-,14+/m1/s1. The fraction of sp³-hybridized carbons (Fsp3) is 0.714. The number of carbonyl (C=O) groups is 2. The van der Waals surface area contributed by atoms with Crippen LogP contribution in [0.4, 0.5) is 0 Å². The smallest absolute Gasteiger partial charge is 0.303 e. The van der Waals surface area contributed by atoms with Crippen molar-refractivity contribution in [3.05, 3.63) is 11.1 Å². The minimum absolute atomic E-state index is 0.00887. The molecule has 3 nitrogen and oxygen atoms in total. The predicted molar refractivity (Wildman–Crippen MR) is 64.5 cm³/mol. The third-order valence-electron chi connectivity index (χ3n) is 4.19. The lowest BCUT2D eigenvalue weighted by Gasteiger charge is -2.43. The molecule has 3 heteroatoms. The molecule has 94 valence electrons. The molecular formula is C14H20O3. The van der Waals surface area contributed by atoms with E-state index in [0.717, 1.165) is 18.4 Å². The molecule has 2 rings (SSSR count). The maximum absolute atomic E-state index is 12.1. The number of hydrogen-bond donors (Lipinski definition) is 0. The summed E-state index contributed by atoms with van der Waals surface area (Å²) in [6.07, 6.45) is 4.62. The van der Waals surface area contributed by atoms with Crippen LogP contribution in [0.5, 0.6) is 0 Å². The first-order valence-electron chi connectivity index (χ1n) is 6.36. The van der Waals surface area contributed by atoms with E-state index in [-0.39, 0.29) is 17.2 Å². The lowest BCUT2D eigenvalue weighted by atomic mass is 9.63. The van der Waals surface area contributed by atoms with Gasteiger partial charge >= 0.3 is 5.97 Å². The third-order valence-corrected chi connectivity index (χ3v) is 4.19. The van der Waals surface area contributed by atoms with Crippen molar-refractivity contribution in [2.24, 2.45) is 5.41 Å². The molecule has 0 aromatic carbocycles. The maximum Gasteiger partial charge on any atom is 0.303 e. The normalized spacial score (nSPS) is 33.4. The summed E-state index contributed by atoms with van der Waals surface area (Å²) in [7, 11) is 0. The zero-order valence-electron chi connectivity index (χ0n) is 10.8. The quantitative estimate of drug-likeness (QED) is 0.657. The van der Waals surface area contributed by atoms with Gasteiger partial charge < -0.3 is 4.74 Å². The molecule has 1 saturated carbocycles. The second kappa shape index (κ2) is 4.28. The molecule has 0 amide bonds. The van der Waals surface area contributed by atoms with Crippen LogP contribution < -0.4 is 0 Å². The SMILES string of the molecule is CC(=O)O[C@@H]1C[C@]2(C)CCCCC2=C(C)C1=O. The second-order valence-corrected chi connectivity index (χ2v) is 5.54. The van der Waals surface area contributed by atoms with Crippen molar-refractivity contribution in [2.75, 3.05) is 0 Å². The van der Waals surface area contributed by atoms with Crippen molar-refractivity contribution in [3.63, 3.8) is 0 Å². The van der Waals surface area contributed by atoms with E-state index in [4.69, 9.17) is 4.74 Å².